The first-order valence-electron chi connectivity index (χ1n) is 7.31. The fourth-order valence-corrected chi connectivity index (χ4v) is 2.19. The largest absolute Gasteiger partial charge is 0.347 e. The highest BCUT2D eigenvalue weighted by Gasteiger charge is 2.15. The third-order valence-electron chi connectivity index (χ3n) is 3.51. The Bertz CT molecular complexity index is 603. The van der Waals surface area contributed by atoms with Gasteiger partial charge in [-0.2, -0.15) is 4.98 Å². The van der Waals surface area contributed by atoms with Crippen LogP contribution in [0.4, 0.5) is 0 Å². The van der Waals surface area contributed by atoms with Crippen LogP contribution >= 0.6 is 0 Å². The number of hydrogen-bond acceptors (Lipinski definition) is 4. The van der Waals surface area contributed by atoms with Gasteiger partial charge in [0.25, 0.3) is 0 Å². The van der Waals surface area contributed by atoms with Crippen molar-refractivity contribution in [2.75, 3.05) is 0 Å². The van der Waals surface area contributed by atoms with Crippen molar-refractivity contribution in [2.45, 2.75) is 40.2 Å². The minimum Gasteiger partial charge on any atom is -0.347 e. The van der Waals surface area contributed by atoms with E-state index in [1.807, 2.05) is 45.0 Å². The molecular formula is C16H21N3O2. The molecule has 2 rings (SSSR count). The van der Waals surface area contributed by atoms with Crippen LogP contribution in [-0.2, 0) is 11.3 Å². The van der Waals surface area contributed by atoms with Crippen LogP contribution in [0.3, 0.4) is 0 Å². The summed E-state index contributed by atoms with van der Waals surface area (Å²) in [5.74, 6) is 1.05. The van der Waals surface area contributed by atoms with Crippen molar-refractivity contribution in [3.05, 3.63) is 35.7 Å². The first-order valence-corrected chi connectivity index (χ1v) is 7.31. The molecule has 0 bridgehead atoms. The van der Waals surface area contributed by atoms with Gasteiger partial charge < -0.3 is 9.84 Å². The molecule has 1 amide bonds. The molecule has 5 nitrogen and oxygen atoms in total. The number of aromatic nitrogens is 2. The molecule has 2 aromatic rings. The molecule has 0 aliphatic heterocycles. The number of carbonyl (C=O) groups excluding carboxylic acids is 1. The molecule has 0 fully saturated rings. The quantitative estimate of drug-likeness (QED) is 0.886. The Balaban J connectivity index is 1.99. The van der Waals surface area contributed by atoms with Crippen molar-refractivity contribution in [3.63, 3.8) is 0 Å². The van der Waals surface area contributed by atoms with Crippen LogP contribution in [0, 0.1) is 12.8 Å². The summed E-state index contributed by atoms with van der Waals surface area (Å²) in [6.07, 6.45) is 1.67. The van der Waals surface area contributed by atoms with E-state index < -0.39 is 0 Å². The lowest BCUT2D eigenvalue weighted by atomic mass is 10.0. The normalized spacial score (nSPS) is 10.9. The summed E-state index contributed by atoms with van der Waals surface area (Å²) in [6, 6.07) is 7.90. The van der Waals surface area contributed by atoms with Gasteiger partial charge in [-0.15, -0.1) is 0 Å². The van der Waals surface area contributed by atoms with Crippen molar-refractivity contribution in [3.8, 4) is 11.4 Å². The van der Waals surface area contributed by atoms with Crippen molar-refractivity contribution in [2.24, 2.45) is 5.92 Å². The van der Waals surface area contributed by atoms with Gasteiger partial charge in [0, 0.05) is 11.5 Å². The maximum absolute atomic E-state index is 11.9. The van der Waals surface area contributed by atoms with E-state index in [1.54, 1.807) is 0 Å². The van der Waals surface area contributed by atoms with E-state index in [0.29, 0.717) is 11.7 Å². The highest BCUT2D eigenvalue weighted by molar-refractivity contribution is 5.78. The number of benzene rings is 1. The highest BCUT2D eigenvalue weighted by Crippen LogP contribution is 2.17. The zero-order valence-corrected chi connectivity index (χ0v) is 12.7. The second-order valence-electron chi connectivity index (χ2n) is 5.11. The van der Waals surface area contributed by atoms with Crippen molar-refractivity contribution < 1.29 is 9.32 Å². The molecule has 5 heteroatoms. The zero-order chi connectivity index (χ0) is 15.2. The third kappa shape index (κ3) is 3.90. The van der Waals surface area contributed by atoms with E-state index in [4.69, 9.17) is 4.52 Å². The molecule has 21 heavy (non-hydrogen) atoms. The van der Waals surface area contributed by atoms with Crippen molar-refractivity contribution >= 4 is 5.91 Å². The molecule has 0 unspecified atom stereocenters. The summed E-state index contributed by atoms with van der Waals surface area (Å²) in [6.45, 7) is 6.31. The fourth-order valence-electron chi connectivity index (χ4n) is 2.19. The van der Waals surface area contributed by atoms with Gasteiger partial charge in [0.05, 0.1) is 6.54 Å². The monoisotopic (exact) mass is 287 g/mol. The molecule has 0 spiro atoms. The Morgan fingerprint density at radius 3 is 2.76 bits per heavy atom. The SMILES string of the molecule is CCC(CC)C(=O)NCc1nc(-c2cccc(C)c2)no1. The Morgan fingerprint density at radius 1 is 1.33 bits per heavy atom. The Labute approximate surface area is 124 Å². The van der Waals surface area contributed by atoms with E-state index in [2.05, 4.69) is 15.5 Å². The van der Waals surface area contributed by atoms with Gasteiger partial charge in [0.15, 0.2) is 0 Å². The summed E-state index contributed by atoms with van der Waals surface area (Å²) in [5, 5.41) is 6.80. The average Bonchev–Trinajstić information content (AvgIpc) is 2.95. The maximum Gasteiger partial charge on any atom is 0.246 e. The number of aryl methyl sites for hydroxylation is 1. The predicted octanol–water partition coefficient (Wildman–Crippen LogP) is 3.10. The summed E-state index contributed by atoms with van der Waals surface area (Å²) < 4.78 is 5.18. The molecule has 1 heterocycles. The lowest BCUT2D eigenvalue weighted by Crippen LogP contribution is -2.29. The van der Waals surface area contributed by atoms with Gasteiger partial charge >= 0.3 is 0 Å². The molecule has 0 saturated carbocycles. The van der Waals surface area contributed by atoms with E-state index in [-0.39, 0.29) is 18.4 Å². The summed E-state index contributed by atoms with van der Waals surface area (Å²) in [7, 11) is 0. The van der Waals surface area contributed by atoms with E-state index >= 15 is 0 Å². The van der Waals surface area contributed by atoms with Gasteiger partial charge in [-0.1, -0.05) is 42.8 Å². The van der Waals surface area contributed by atoms with Crippen LogP contribution < -0.4 is 5.32 Å². The second kappa shape index (κ2) is 7.02. The zero-order valence-electron chi connectivity index (χ0n) is 12.7. The highest BCUT2D eigenvalue weighted by atomic mass is 16.5. The van der Waals surface area contributed by atoms with Crippen LogP contribution in [0.5, 0.6) is 0 Å². The van der Waals surface area contributed by atoms with Crippen LogP contribution in [0.25, 0.3) is 11.4 Å². The van der Waals surface area contributed by atoms with Crippen LogP contribution in [0.2, 0.25) is 0 Å². The molecule has 0 radical (unpaired) electrons. The van der Waals surface area contributed by atoms with Gasteiger partial charge in [-0.25, -0.2) is 0 Å². The predicted molar refractivity (Wildman–Crippen MR) is 80.4 cm³/mol. The number of hydrogen-bond donors (Lipinski definition) is 1. The lowest BCUT2D eigenvalue weighted by Gasteiger charge is -2.10. The average molecular weight is 287 g/mol. The topological polar surface area (TPSA) is 68.0 Å². The smallest absolute Gasteiger partial charge is 0.246 e. The Kier molecular flexibility index (Phi) is 5.09. The van der Waals surface area contributed by atoms with Crippen LogP contribution in [0.15, 0.2) is 28.8 Å². The van der Waals surface area contributed by atoms with E-state index in [0.717, 1.165) is 24.0 Å². The van der Waals surface area contributed by atoms with Gasteiger partial charge in [0.2, 0.25) is 17.6 Å². The first-order chi connectivity index (χ1) is 10.1. The van der Waals surface area contributed by atoms with Crippen molar-refractivity contribution in [1.82, 2.24) is 15.5 Å². The number of carbonyl (C=O) groups is 1. The van der Waals surface area contributed by atoms with Gasteiger partial charge in [-0.05, 0) is 25.8 Å². The number of nitrogens with zero attached hydrogens (tertiary/aromatic N) is 2. The minimum atomic E-state index is 0.0373. The second-order valence-corrected chi connectivity index (χ2v) is 5.11. The lowest BCUT2D eigenvalue weighted by molar-refractivity contribution is -0.125. The molecule has 1 aromatic carbocycles. The van der Waals surface area contributed by atoms with Gasteiger partial charge in [0.1, 0.15) is 0 Å². The first kappa shape index (κ1) is 15.2. The van der Waals surface area contributed by atoms with E-state index in [1.165, 1.54) is 0 Å². The Morgan fingerprint density at radius 2 is 2.10 bits per heavy atom. The van der Waals surface area contributed by atoms with Crippen molar-refractivity contribution in [1.29, 1.82) is 0 Å². The number of rotatable bonds is 6. The summed E-state index contributed by atoms with van der Waals surface area (Å²) >= 11 is 0. The number of amides is 1. The standard InChI is InChI=1S/C16H21N3O2/c1-4-12(5-2)16(20)17-10-14-18-15(19-21-14)13-8-6-7-11(3)9-13/h6-9,12H,4-5,10H2,1-3H3,(H,17,20). The molecule has 0 saturated heterocycles. The summed E-state index contributed by atoms with van der Waals surface area (Å²) in [4.78, 5) is 16.2. The minimum absolute atomic E-state index is 0.0373. The molecule has 0 aliphatic carbocycles. The summed E-state index contributed by atoms with van der Waals surface area (Å²) in [5.41, 5.74) is 2.05. The Hall–Kier alpha value is -2.17. The molecule has 112 valence electrons. The molecular weight excluding hydrogens is 266 g/mol. The third-order valence-corrected chi connectivity index (χ3v) is 3.51. The molecule has 0 atom stereocenters. The molecule has 1 aromatic heterocycles. The van der Waals surface area contributed by atoms with Crippen LogP contribution in [0.1, 0.15) is 38.1 Å². The number of nitrogens with one attached hydrogen (secondary N) is 1. The maximum atomic E-state index is 11.9. The molecule has 0 aliphatic rings. The molecule has 1 N–H and O–H groups in total. The van der Waals surface area contributed by atoms with Gasteiger partial charge in [-0.3, -0.25) is 4.79 Å². The fraction of sp³-hybridized carbons (Fsp3) is 0.438. The van der Waals surface area contributed by atoms with Crippen LogP contribution in [-0.4, -0.2) is 16.0 Å². The van der Waals surface area contributed by atoms with E-state index in [9.17, 15) is 4.79 Å².